The van der Waals surface area contributed by atoms with E-state index in [9.17, 15) is 9.50 Å². The van der Waals surface area contributed by atoms with Crippen LogP contribution < -0.4 is 0 Å². The normalized spacial score (nSPS) is 12.9. The molecule has 1 atom stereocenters. The van der Waals surface area contributed by atoms with Crippen molar-refractivity contribution in [1.82, 2.24) is 0 Å². The summed E-state index contributed by atoms with van der Waals surface area (Å²) in [6.45, 7) is 0. The second kappa shape index (κ2) is 5.41. The lowest BCUT2D eigenvalue weighted by atomic mass is 10.1. The summed E-state index contributed by atoms with van der Waals surface area (Å²) in [5, 5.41) is 15.2. The zero-order chi connectivity index (χ0) is 13.2. The fourth-order valence-corrected chi connectivity index (χ4v) is 3.85. The van der Waals surface area contributed by atoms with Crippen LogP contribution in [0.5, 0.6) is 0 Å². The second-order valence-electron chi connectivity index (χ2n) is 4.52. The van der Waals surface area contributed by atoms with E-state index in [2.05, 4.69) is 11.4 Å². The summed E-state index contributed by atoms with van der Waals surface area (Å²) in [7, 11) is 0. The van der Waals surface area contributed by atoms with E-state index >= 15 is 0 Å². The van der Waals surface area contributed by atoms with Gasteiger partial charge < -0.3 is 5.11 Å². The summed E-state index contributed by atoms with van der Waals surface area (Å²) in [6.07, 6.45) is 1.10. The van der Waals surface area contributed by atoms with Crippen LogP contribution in [0.4, 0.5) is 4.39 Å². The van der Waals surface area contributed by atoms with E-state index in [0.717, 1.165) is 21.4 Å². The number of hydrogen-bond donors (Lipinski definition) is 1. The van der Waals surface area contributed by atoms with Crippen LogP contribution in [0.3, 0.4) is 0 Å². The fraction of sp³-hybridized carbons (Fsp3) is 0.200. The van der Waals surface area contributed by atoms with Crippen LogP contribution in [-0.2, 0) is 6.42 Å². The Balaban J connectivity index is 1.75. The molecule has 0 saturated heterocycles. The van der Waals surface area contributed by atoms with Gasteiger partial charge in [-0.2, -0.15) is 11.3 Å². The van der Waals surface area contributed by atoms with Crippen molar-refractivity contribution in [3.05, 3.63) is 57.3 Å². The summed E-state index contributed by atoms with van der Waals surface area (Å²) in [6, 6.07) is 8.71. The molecule has 3 rings (SSSR count). The van der Waals surface area contributed by atoms with Gasteiger partial charge in [-0.15, -0.1) is 11.3 Å². The first-order chi connectivity index (χ1) is 9.22. The van der Waals surface area contributed by atoms with E-state index in [1.165, 1.54) is 29.0 Å². The van der Waals surface area contributed by atoms with Crippen LogP contribution in [-0.4, -0.2) is 5.11 Å². The van der Waals surface area contributed by atoms with Crippen molar-refractivity contribution in [3.8, 4) is 0 Å². The van der Waals surface area contributed by atoms with Gasteiger partial charge in [0.15, 0.2) is 0 Å². The fourth-order valence-electron chi connectivity index (χ4n) is 2.08. The molecule has 1 aromatic carbocycles. The lowest BCUT2D eigenvalue weighted by molar-refractivity contribution is 0.171. The van der Waals surface area contributed by atoms with E-state index in [-0.39, 0.29) is 5.82 Å². The van der Waals surface area contributed by atoms with Crippen LogP contribution in [0, 0.1) is 5.82 Å². The Bertz CT molecular complexity index is 673. The average Bonchev–Trinajstić information content (AvgIpc) is 3.04. The molecule has 0 radical (unpaired) electrons. The molecule has 2 heterocycles. The molecule has 0 spiro atoms. The van der Waals surface area contributed by atoms with E-state index in [1.807, 2.05) is 11.4 Å². The van der Waals surface area contributed by atoms with Gasteiger partial charge in [0, 0.05) is 9.58 Å². The molecular formula is C15H13FOS2. The van der Waals surface area contributed by atoms with Crippen molar-refractivity contribution in [2.45, 2.75) is 18.9 Å². The number of hydrogen-bond acceptors (Lipinski definition) is 3. The van der Waals surface area contributed by atoms with Crippen molar-refractivity contribution in [2.75, 3.05) is 0 Å². The average molecular weight is 292 g/mol. The third-order valence-electron chi connectivity index (χ3n) is 3.11. The molecule has 0 aliphatic carbocycles. The molecule has 0 saturated carbocycles. The van der Waals surface area contributed by atoms with E-state index in [4.69, 9.17) is 0 Å². The van der Waals surface area contributed by atoms with Gasteiger partial charge >= 0.3 is 0 Å². The number of aliphatic hydroxyl groups is 1. The zero-order valence-electron chi connectivity index (χ0n) is 10.2. The third kappa shape index (κ3) is 2.86. The number of fused-ring (bicyclic) bond motifs is 1. The van der Waals surface area contributed by atoms with Crippen LogP contribution in [0.1, 0.15) is 23.0 Å². The van der Waals surface area contributed by atoms with Crippen molar-refractivity contribution in [2.24, 2.45) is 0 Å². The molecule has 4 heteroatoms. The minimum atomic E-state index is -0.472. The highest BCUT2D eigenvalue weighted by molar-refractivity contribution is 7.19. The number of aryl methyl sites for hydroxylation is 1. The number of aliphatic hydroxyl groups excluding tert-OH is 1. The van der Waals surface area contributed by atoms with E-state index < -0.39 is 6.10 Å². The molecule has 3 aromatic rings. The predicted molar refractivity (Wildman–Crippen MR) is 79.4 cm³/mol. The smallest absolute Gasteiger partial charge is 0.123 e. The number of benzene rings is 1. The summed E-state index contributed by atoms with van der Waals surface area (Å²) in [4.78, 5) is 0.913. The number of rotatable bonds is 4. The summed E-state index contributed by atoms with van der Waals surface area (Å²) >= 11 is 3.21. The first-order valence-electron chi connectivity index (χ1n) is 6.10. The number of halogens is 1. The van der Waals surface area contributed by atoms with Gasteiger partial charge in [-0.05, 0) is 64.9 Å². The summed E-state index contributed by atoms with van der Waals surface area (Å²) in [5.41, 5.74) is 1.26. The van der Waals surface area contributed by atoms with Crippen molar-refractivity contribution in [1.29, 1.82) is 0 Å². The molecule has 98 valence electrons. The lowest BCUT2D eigenvalue weighted by Gasteiger charge is -2.06. The Morgan fingerprint density at radius 3 is 2.89 bits per heavy atom. The molecule has 1 unspecified atom stereocenters. The van der Waals surface area contributed by atoms with Crippen LogP contribution in [0.15, 0.2) is 41.1 Å². The van der Waals surface area contributed by atoms with Gasteiger partial charge in [0.05, 0.1) is 6.10 Å². The monoisotopic (exact) mass is 292 g/mol. The van der Waals surface area contributed by atoms with Gasteiger partial charge in [0.25, 0.3) is 0 Å². The maximum Gasteiger partial charge on any atom is 0.123 e. The van der Waals surface area contributed by atoms with E-state index in [0.29, 0.717) is 6.42 Å². The highest BCUT2D eigenvalue weighted by Gasteiger charge is 2.12. The highest BCUT2D eigenvalue weighted by atomic mass is 32.1. The molecule has 19 heavy (non-hydrogen) atoms. The Kier molecular flexibility index (Phi) is 3.64. The van der Waals surface area contributed by atoms with Crippen molar-refractivity contribution in [3.63, 3.8) is 0 Å². The molecule has 0 fully saturated rings. The van der Waals surface area contributed by atoms with Gasteiger partial charge in [0.2, 0.25) is 0 Å². The number of thiophene rings is 2. The first kappa shape index (κ1) is 12.8. The quantitative estimate of drug-likeness (QED) is 0.734. The summed E-state index contributed by atoms with van der Waals surface area (Å²) < 4.78 is 14.1. The van der Waals surface area contributed by atoms with Gasteiger partial charge in [-0.1, -0.05) is 0 Å². The molecule has 0 aliphatic heterocycles. The highest BCUT2D eigenvalue weighted by Crippen LogP contribution is 2.32. The summed E-state index contributed by atoms with van der Waals surface area (Å²) in [5.74, 6) is -0.232. The van der Waals surface area contributed by atoms with Crippen LogP contribution in [0.2, 0.25) is 0 Å². The van der Waals surface area contributed by atoms with Crippen LogP contribution in [0.25, 0.3) is 10.1 Å². The molecule has 0 amide bonds. The van der Waals surface area contributed by atoms with Crippen LogP contribution >= 0.6 is 22.7 Å². The predicted octanol–water partition coefficient (Wildman–Crippen LogP) is 4.77. The van der Waals surface area contributed by atoms with Crippen molar-refractivity contribution >= 4 is 32.8 Å². The molecule has 0 aliphatic rings. The third-order valence-corrected chi connectivity index (χ3v) is 5.06. The van der Waals surface area contributed by atoms with Gasteiger partial charge in [-0.25, -0.2) is 4.39 Å². The minimum absolute atomic E-state index is 0.232. The lowest BCUT2D eigenvalue weighted by Crippen LogP contribution is -1.96. The van der Waals surface area contributed by atoms with E-state index in [1.54, 1.807) is 17.4 Å². The second-order valence-corrected chi connectivity index (χ2v) is 6.41. The molecule has 1 N–H and O–H groups in total. The first-order valence-corrected chi connectivity index (χ1v) is 7.86. The van der Waals surface area contributed by atoms with Crippen molar-refractivity contribution < 1.29 is 9.50 Å². The zero-order valence-corrected chi connectivity index (χ0v) is 11.8. The Morgan fingerprint density at radius 1 is 1.21 bits per heavy atom. The van der Waals surface area contributed by atoms with Gasteiger partial charge in [-0.3, -0.25) is 0 Å². The standard InChI is InChI=1S/C15H13FOS2/c16-12-2-4-14-11(7-12)8-15(19-14)13(17)3-1-10-5-6-18-9-10/h2,4-9,13,17H,1,3H2. The Hall–Kier alpha value is -1.23. The molecule has 1 nitrogen and oxygen atoms in total. The molecule has 0 bridgehead atoms. The molecular weight excluding hydrogens is 279 g/mol. The topological polar surface area (TPSA) is 20.2 Å². The Labute approximate surface area is 119 Å². The minimum Gasteiger partial charge on any atom is -0.388 e. The largest absolute Gasteiger partial charge is 0.388 e. The van der Waals surface area contributed by atoms with Gasteiger partial charge in [0.1, 0.15) is 5.82 Å². The maximum atomic E-state index is 13.1. The maximum absolute atomic E-state index is 13.1. The molecule has 2 aromatic heterocycles. The Morgan fingerprint density at radius 2 is 2.11 bits per heavy atom. The SMILES string of the molecule is OC(CCc1ccsc1)c1cc2cc(F)ccc2s1.